The molecule has 3 rings (SSSR count). The van der Waals surface area contributed by atoms with Crippen molar-refractivity contribution >= 4 is 44.6 Å². The van der Waals surface area contributed by atoms with E-state index in [4.69, 9.17) is 17.3 Å². The van der Waals surface area contributed by atoms with Crippen molar-refractivity contribution in [2.75, 3.05) is 5.73 Å². The first-order chi connectivity index (χ1) is 9.54. The Labute approximate surface area is 127 Å². The van der Waals surface area contributed by atoms with Crippen LogP contribution in [0.3, 0.4) is 0 Å². The molecule has 2 aromatic rings. The molecule has 3 nitrogen and oxygen atoms in total. The zero-order valence-corrected chi connectivity index (χ0v) is 12.9. The Kier molecular flexibility index (Phi) is 3.61. The number of carbonyl (C=O) groups excluding carboxylic acids is 1. The summed E-state index contributed by atoms with van der Waals surface area (Å²) in [4.78, 5) is 13.0. The summed E-state index contributed by atoms with van der Waals surface area (Å²) < 4.78 is 0.997. The number of rotatable bonds is 2. The quantitative estimate of drug-likeness (QED) is 0.879. The van der Waals surface area contributed by atoms with Gasteiger partial charge in [-0.1, -0.05) is 18.5 Å². The van der Waals surface area contributed by atoms with Crippen LogP contribution >= 0.6 is 22.9 Å². The van der Waals surface area contributed by atoms with Crippen molar-refractivity contribution in [1.82, 2.24) is 5.32 Å². The summed E-state index contributed by atoms with van der Waals surface area (Å²) in [5.74, 6) is 0.637. The van der Waals surface area contributed by atoms with Crippen molar-refractivity contribution in [2.24, 2.45) is 5.92 Å². The minimum absolute atomic E-state index is 0.0566. The standard InChI is InChI=1S/C15H17ClN2OS/c1-8-2-4-10(6-8)18-15(19)14-13(17)11-7-9(16)3-5-12(11)20-14/h3,5,7-8,10H,2,4,6,17H2,1H3,(H,18,19). The van der Waals surface area contributed by atoms with Crippen LogP contribution in [0.4, 0.5) is 5.69 Å². The second-order valence-corrected chi connectivity index (χ2v) is 7.06. The van der Waals surface area contributed by atoms with Gasteiger partial charge >= 0.3 is 0 Å². The number of halogens is 1. The molecule has 0 saturated heterocycles. The molecule has 0 aliphatic heterocycles. The molecule has 3 N–H and O–H groups in total. The number of nitrogens with two attached hydrogens (primary N) is 1. The van der Waals surface area contributed by atoms with E-state index in [0.717, 1.165) is 22.9 Å². The molecule has 1 heterocycles. The molecule has 5 heteroatoms. The number of thiophene rings is 1. The molecule has 0 bridgehead atoms. The van der Waals surface area contributed by atoms with E-state index in [1.54, 1.807) is 0 Å². The zero-order valence-electron chi connectivity index (χ0n) is 11.3. The molecule has 2 unspecified atom stereocenters. The van der Waals surface area contributed by atoms with Gasteiger partial charge in [-0.25, -0.2) is 0 Å². The molecule has 1 aliphatic rings. The van der Waals surface area contributed by atoms with E-state index in [1.165, 1.54) is 17.8 Å². The fourth-order valence-corrected chi connectivity index (χ4v) is 4.03. The topological polar surface area (TPSA) is 55.1 Å². The zero-order chi connectivity index (χ0) is 14.3. The summed E-state index contributed by atoms with van der Waals surface area (Å²) in [6, 6.07) is 5.83. The van der Waals surface area contributed by atoms with Gasteiger partial charge in [0.1, 0.15) is 4.88 Å². The maximum atomic E-state index is 12.4. The lowest BCUT2D eigenvalue weighted by Crippen LogP contribution is -2.32. The van der Waals surface area contributed by atoms with Crippen molar-refractivity contribution in [3.05, 3.63) is 28.1 Å². The number of amides is 1. The van der Waals surface area contributed by atoms with E-state index >= 15 is 0 Å². The Morgan fingerprint density at radius 3 is 2.95 bits per heavy atom. The van der Waals surface area contributed by atoms with E-state index in [1.807, 2.05) is 18.2 Å². The van der Waals surface area contributed by atoms with Gasteiger partial charge in [-0.15, -0.1) is 11.3 Å². The lowest BCUT2D eigenvalue weighted by molar-refractivity contribution is 0.0942. The average molecular weight is 309 g/mol. The van der Waals surface area contributed by atoms with Gasteiger partial charge < -0.3 is 11.1 Å². The normalized spacial score (nSPS) is 22.3. The molecule has 1 aliphatic carbocycles. The van der Waals surface area contributed by atoms with Gasteiger partial charge in [-0.2, -0.15) is 0 Å². The lowest BCUT2D eigenvalue weighted by Gasteiger charge is -2.11. The van der Waals surface area contributed by atoms with Crippen molar-refractivity contribution in [2.45, 2.75) is 32.2 Å². The molecule has 1 aromatic carbocycles. The van der Waals surface area contributed by atoms with Crippen LogP contribution < -0.4 is 11.1 Å². The molecule has 1 amide bonds. The third kappa shape index (κ3) is 2.50. The molecule has 20 heavy (non-hydrogen) atoms. The highest BCUT2D eigenvalue weighted by atomic mass is 35.5. The smallest absolute Gasteiger partial charge is 0.263 e. The van der Waals surface area contributed by atoms with Crippen LogP contribution in [0.1, 0.15) is 35.9 Å². The first-order valence-electron chi connectivity index (χ1n) is 6.83. The highest BCUT2D eigenvalue weighted by molar-refractivity contribution is 7.21. The van der Waals surface area contributed by atoms with Crippen LogP contribution in [0.25, 0.3) is 10.1 Å². The van der Waals surface area contributed by atoms with Gasteiger partial charge in [0.25, 0.3) is 5.91 Å². The molecule has 0 radical (unpaired) electrons. The Hall–Kier alpha value is -1.26. The fourth-order valence-electron chi connectivity index (χ4n) is 2.85. The van der Waals surface area contributed by atoms with Gasteiger partial charge in [0.15, 0.2) is 0 Å². The minimum atomic E-state index is -0.0566. The molecule has 2 atom stereocenters. The SMILES string of the molecule is CC1CCC(NC(=O)c2sc3ccc(Cl)cc3c2N)C1. The van der Waals surface area contributed by atoms with Crippen molar-refractivity contribution in [3.63, 3.8) is 0 Å². The summed E-state index contributed by atoms with van der Waals surface area (Å²) in [5, 5.41) is 4.61. The van der Waals surface area contributed by atoms with Gasteiger partial charge in [0, 0.05) is 21.2 Å². The van der Waals surface area contributed by atoms with Gasteiger partial charge in [0.2, 0.25) is 0 Å². The predicted octanol–water partition coefficient (Wildman–Crippen LogP) is 4.06. The summed E-state index contributed by atoms with van der Waals surface area (Å²) >= 11 is 7.41. The molecule has 0 spiro atoms. The summed E-state index contributed by atoms with van der Waals surface area (Å²) in [7, 11) is 0. The fraction of sp³-hybridized carbons (Fsp3) is 0.400. The van der Waals surface area contributed by atoms with Gasteiger partial charge in [-0.3, -0.25) is 4.79 Å². The third-order valence-corrected chi connectivity index (χ3v) is 5.35. The number of nitrogen functional groups attached to an aromatic ring is 1. The molecular weight excluding hydrogens is 292 g/mol. The summed E-state index contributed by atoms with van der Waals surface area (Å²) in [5.41, 5.74) is 6.64. The van der Waals surface area contributed by atoms with Crippen LogP contribution in [-0.4, -0.2) is 11.9 Å². The molecule has 1 saturated carbocycles. The number of nitrogens with one attached hydrogen (secondary N) is 1. The maximum absolute atomic E-state index is 12.4. The number of hydrogen-bond donors (Lipinski definition) is 2. The van der Waals surface area contributed by atoms with Crippen molar-refractivity contribution < 1.29 is 4.79 Å². The largest absolute Gasteiger partial charge is 0.397 e. The van der Waals surface area contributed by atoms with E-state index < -0.39 is 0 Å². The van der Waals surface area contributed by atoms with Crippen molar-refractivity contribution in [3.8, 4) is 0 Å². The van der Waals surface area contributed by atoms with Gasteiger partial charge in [-0.05, 0) is 43.4 Å². The van der Waals surface area contributed by atoms with Crippen LogP contribution in [-0.2, 0) is 0 Å². The van der Waals surface area contributed by atoms with Gasteiger partial charge in [0.05, 0.1) is 5.69 Å². The third-order valence-electron chi connectivity index (χ3n) is 3.92. The summed E-state index contributed by atoms with van der Waals surface area (Å²) in [6.07, 6.45) is 3.30. The number of carbonyl (C=O) groups is 1. The maximum Gasteiger partial charge on any atom is 0.263 e. The van der Waals surface area contributed by atoms with Crippen molar-refractivity contribution in [1.29, 1.82) is 0 Å². The number of hydrogen-bond acceptors (Lipinski definition) is 3. The highest BCUT2D eigenvalue weighted by Crippen LogP contribution is 2.35. The molecule has 1 aromatic heterocycles. The Morgan fingerprint density at radius 2 is 2.25 bits per heavy atom. The number of benzene rings is 1. The van der Waals surface area contributed by atoms with E-state index in [-0.39, 0.29) is 11.9 Å². The van der Waals surface area contributed by atoms with E-state index in [9.17, 15) is 4.79 Å². The monoisotopic (exact) mass is 308 g/mol. The summed E-state index contributed by atoms with van der Waals surface area (Å²) in [6.45, 7) is 2.22. The molecule has 1 fully saturated rings. The van der Waals surface area contributed by atoms with E-state index in [2.05, 4.69) is 12.2 Å². The van der Waals surface area contributed by atoms with Crippen LogP contribution in [0.2, 0.25) is 5.02 Å². The second-order valence-electron chi connectivity index (χ2n) is 5.57. The minimum Gasteiger partial charge on any atom is -0.397 e. The molecule has 106 valence electrons. The Morgan fingerprint density at radius 1 is 1.45 bits per heavy atom. The Bertz CT molecular complexity index is 667. The van der Waals surface area contributed by atoms with Crippen LogP contribution in [0.5, 0.6) is 0 Å². The number of fused-ring (bicyclic) bond motifs is 1. The second kappa shape index (κ2) is 5.26. The van der Waals surface area contributed by atoms with Crippen LogP contribution in [0.15, 0.2) is 18.2 Å². The number of anilines is 1. The average Bonchev–Trinajstić information content (AvgIpc) is 2.94. The van der Waals surface area contributed by atoms with E-state index in [0.29, 0.717) is 21.5 Å². The predicted molar refractivity (Wildman–Crippen MR) is 85.5 cm³/mol. The lowest BCUT2D eigenvalue weighted by atomic mass is 10.1. The molecular formula is C15H17ClN2OS. The first kappa shape index (κ1) is 13.7. The Balaban J connectivity index is 1.86. The highest BCUT2D eigenvalue weighted by Gasteiger charge is 2.25. The van der Waals surface area contributed by atoms with Crippen LogP contribution in [0, 0.1) is 5.92 Å². The first-order valence-corrected chi connectivity index (χ1v) is 8.02.